The highest BCUT2D eigenvalue weighted by atomic mass is 79.9. The molecule has 106 valence electrons. The van der Waals surface area contributed by atoms with Gasteiger partial charge in [0.15, 0.2) is 0 Å². The molecule has 2 rings (SSSR count). The summed E-state index contributed by atoms with van der Waals surface area (Å²) in [5, 5.41) is 0. The van der Waals surface area contributed by atoms with E-state index in [4.69, 9.17) is 15.2 Å². The van der Waals surface area contributed by atoms with Gasteiger partial charge in [-0.15, -0.1) is 0 Å². The second-order valence-corrected chi connectivity index (χ2v) is 5.18. The summed E-state index contributed by atoms with van der Waals surface area (Å²) < 4.78 is 12.2. The van der Waals surface area contributed by atoms with Crippen molar-refractivity contribution in [2.45, 2.75) is 20.1 Å². The Kier molecular flexibility index (Phi) is 5.44. The summed E-state index contributed by atoms with van der Waals surface area (Å²) in [5.41, 5.74) is 7.80. The topological polar surface area (TPSA) is 44.5 Å². The van der Waals surface area contributed by atoms with Gasteiger partial charge in [0.2, 0.25) is 0 Å². The number of benzene rings is 2. The molecule has 2 aromatic carbocycles. The van der Waals surface area contributed by atoms with Crippen LogP contribution in [0.2, 0.25) is 0 Å². The van der Waals surface area contributed by atoms with Crippen LogP contribution in [0.5, 0.6) is 11.5 Å². The van der Waals surface area contributed by atoms with Crippen molar-refractivity contribution >= 4 is 15.9 Å². The van der Waals surface area contributed by atoms with Gasteiger partial charge in [-0.05, 0) is 42.8 Å². The molecule has 0 unspecified atom stereocenters. The number of hydrogen-bond acceptors (Lipinski definition) is 3. The van der Waals surface area contributed by atoms with Gasteiger partial charge in [0, 0.05) is 16.6 Å². The molecule has 0 bridgehead atoms. The van der Waals surface area contributed by atoms with E-state index < -0.39 is 0 Å². The van der Waals surface area contributed by atoms with Crippen molar-refractivity contribution in [3.63, 3.8) is 0 Å². The van der Waals surface area contributed by atoms with Crippen molar-refractivity contribution in [3.8, 4) is 11.5 Å². The molecule has 0 saturated heterocycles. The second-order valence-electron chi connectivity index (χ2n) is 4.32. The minimum Gasteiger partial charge on any atom is -0.494 e. The quantitative estimate of drug-likeness (QED) is 0.870. The smallest absolute Gasteiger partial charge is 0.120 e. The Hall–Kier alpha value is -1.52. The Morgan fingerprint density at radius 3 is 2.20 bits per heavy atom. The maximum atomic E-state index is 5.76. The summed E-state index contributed by atoms with van der Waals surface area (Å²) in [5.74, 6) is 1.68. The van der Waals surface area contributed by atoms with Crippen LogP contribution in [0.4, 0.5) is 0 Å². The van der Waals surface area contributed by atoms with Gasteiger partial charge >= 0.3 is 0 Å². The van der Waals surface area contributed by atoms with E-state index in [1.165, 1.54) is 0 Å². The maximum absolute atomic E-state index is 5.76. The van der Waals surface area contributed by atoms with Crippen molar-refractivity contribution in [3.05, 3.63) is 58.1 Å². The van der Waals surface area contributed by atoms with E-state index in [9.17, 15) is 0 Å². The van der Waals surface area contributed by atoms with Crippen LogP contribution in [-0.4, -0.2) is 6.61 Å². The summed E-state index contributed by atoms with van der Waals surface area (Å²) >= 11 is 3.54. The zero-order valence-corrected chi connectivity index (χ0v) is 13.0. The molecular formula is C16H18BrNO2. The highest BCUT2D eigenvalue weighted by molar-refractivity contribution is 9.10. The van der Waals surface area contributed by atoms with Gasteiger partial charge in [-0.25, -0.2) is 0 Å². The molecule has 2 N–H and O–H groups in total. The lowest BCUT2D eigenvalue weighted by molar-refractivity contribution is 0.303. The molecule has 3 nitrogen and oxygen atoms in total. The fourth-order valence-electron chi connectivity index (χ4n) is 1.79. The monoisotopic (exact) mass is 335 g/mol. The number of hydrogen-bond donors (Lipinski definition) is 1. The third kappa shape index (κ3) is 3.99. The van der Waals surface area contributed by atoms with Gasteiger partial charge in [0.05, 0.1) is 6.61 Å². The molecule has 0 aliphatic carbocycles. The van der Waals surface area contributed by atoms with Crippen molar-refractivity contribution in [1.29, 1.82) is 0 Å². The van der Waals surface area contributed by atoms with Gasteiger partial charge in [-0.3, -0.25) is 0 Å². The van der Waals surface area contributed by atoms with Crippen LogP contribution in [0, 0.1) is 0 Å². The zero-order valence-electron chi connectivity index (χ0n) is 11.4. The first kappa shape index (κ1) is 14.9. The third-order valence-corrected chi connectivity index (χ3v) is 3.62. The normalized spacial score (nSPS) is 10.3. The van der Waals surface area contributed by atoms with Crippen molar-refractivity contribution in [1.82, 2.24) is 0 Å². The minimum absolute atomic E-state index is 0.513. The first-order valence-corrected chi connectivity index (χ1v) is 7.35. The van der Waals surface area contributed by atoms with E-state index in [0.717, 1.165) is 27.1 Å². The van der Waals surface area contributed by atoms with Crippen LogP contribution >= 0.6 is 15.9 Å². The molecule has 0 saturated carbocycles. The van der Waals surface area contributed by atoms with E-state index in [1.54, 1.807) is 0 Å². The molecule has 4 heteroatoms. The lowest BCUT2D eigenvalue weighted by Crippen LogP contribution is -2.00. The van der Waals surface area contributed by atoms with E-state index in [-0.39, 0.29) is 0 Å². The maximum Gasteiger partial charge on any atom is 0.120 e. The number of rotatable bonds is 6. The van der Waals surface area contributed by atoms with E-state index >= 15 is 0 Å². The Morgan fingerprint density at radius 1 is 1.00 bits per heavy atom. The zero-order chi connectivity index (χ0) is 14.4. The molecule has 20 heavy (non-hydrogen) atoms. The molecule has 0 amide bonds. The predicted octanol–water partition coefficient (Wildman–Crippen LogP) is 3.89. The fourth-order valence-corrected chi connectivity index (χ4v) is 2.34. The van der Waals surface area contributed by atoms with E-state index in [0.29, 0.717) is 19.8 Å². The van der Waals surface area contributed by atoms with E-state index in [1.807, 2.05) is 49.4 Å². The molecule has 0 heterocycles. The van der Waals surface area contributed by atoms with Crippen molar-refractivity contribution in [2.24, 2.45) is 5.73 Å². The van der Waals surface area contributed by atoms with Gasteiger partial charge in [-0.1, -0.05) is 28.1 Å². The van der Waals surface area contributed by atoms with Crippen LogP contribution in [-0.2, 0) is 13.2 Å². The number of nitrogens with two attached hydrogens (primary N) is 1. The molecule has 0 atom stereocenters. The molecule has 0 aliphatic rings. The number of halogens is 1. The average Bonchev–Trinajstić information content (AvgIpc) is 2.48. The summed E-state index contributed by atoms with van der Waals surface area (Å²) in [7, 11) is 0. The lowest BCUT2D eigenvalue weighted by atomic mass is 10.1. The van der Waals surface area contributed by atoms with Crippen LogP contribution in [0.1, 0.15) is 18.1 Å². The molecule has 0 spiro atoms. The minimum atomic E-state index is 0.513. The highest BCUT2D eigenvalue weighted by Crippen LogP contribution is 2.22. The second kappa shape index (κ2) is 7.31. The SMILES string of the molecule is CCOc1ccc(OCc2ccc(CN)cc2Br)cc1. The van der Waals surface area contributed by atoms with Gasteiger partial charge in [0.25, 0.3) is 0 Å². The van der Waals surface area contributed by atoms with Crippen LogP contribution < -0.4 is 15.2 Å². The molecule has 0 aromatic heterocycles. The van der Waals surface area contributed by atoms with Crippen LogP contribution in [0.15, 0.2) is 46.9 Å². The number of ether oxygens (including phenoxy) is 2. The van der Waals surface area contributed by atoms with Crippen molar-refractivity contribution in [2.75, 3.05) is 6.61 Å². The summed E-state index contributed by atoms with van der Waals surface area (Å²) in [6.45, 7) is 3.69. The standard InChI is InChI=1S/C16H18BrNO2/c1-2-19-14-5-7-15(8-6-14)20-11-13-4-3-12(10-18)9-16(13)17/h3-9H,2,10-11,18H2,1H3. The predicted molar refractivity (Wildman–Crippen MR) is 84.0 cm³/mol. The Balaban J connectivity index is 1.97. The third-order valence-electron chi connectivity index (χ3n) is 2.88. The molecule has 0 aliphatic heterocycles. The first-order chi connectivity index (χ1) is 9.72. The molecular weight excluding hydrogens is 318 g/mol. The average molecular weight is 336 g/mol. The van der Waals surface area contributed by atoms with Gasteiger partial charge in [0.1, 0.15) is 18.1 Å². The summed E-state index contributed by atoms with van der Waals surface area (Å²) in [6, 6.07) is 13.7. The van der Waals surface area contributed by atoms with E-state index in [2.05, 4.69) is 15.9 Å². The largest absolute Gasteiger partial charge is 0.494 e. The summed E-state index contributed by atoms with van der Waals surface area (Å²) in [6.07, 6.45) is 0. The molecule has 0 radical (unpaired) electrons. The van der Waals surface area contributed by atoms with Gasteiger partial charge in [-0.2, -0.15) is 0 Å². The Morgan fingerprint density at radius 2 is 1.65 bits per heavy atom. The van der Waals surface area contributed by atoms with Crippen LogP contribution in [0.3, 0.4) is 0 Å². The first-order valence-electron chi connectivity index (χ1n) is 6.56. The van der Waals surface area contributed by atoms with Crippen LogP contribution in [0.25, 0.3) is 0 Å². The Bertz CT molecular complexity index is 555. The Labute approximate surface area is 127 Å². The lowest BCUT2D eigenvalue weighted by Gasteiger charge is -2.10. The highest BCUT2D eigenvalue weighted by Gasteiger charge is 2.03. The fraction of sp³-hybridized carbons (Fsp3) is 0.250. The van der Waals surface area contributed by atoms with Crippen molar-refractivity contribution < 1.29 is 9.47 Å². The molecule has 2 aromatic rings. The van der Waals surface area contributed by atoms with Gasteiger partial charge < -0.3 is 15.2 Å². The molecule has 0 fully saturated rings. The summed E-state index contributed by atoms with van der Waals surface area (Å²) in [4.78, 5) is 0.